The van der Waals surface area contributed by atoms with Crippen LogP contribution in [-0.2, 0) is 10.7 Å². The van der Waals surface area contributed by atoms with Gasteiger partial charge in [0.1, 0.15) is 6.04 Å². The molecule has 0 aliphatic rings. The number of halogens is 1. The average molecular weight is 269 g/mol. The number of hydrogen-bond donors (Lipinski definition) is 2. The van der Waals surface area contributed by atoms with Crippen molar-refractivity contribution in [3.05, 3.63) is 35.4 Å². The lowest BCUT2D eigenvalue weighted by atomic mass is 10.0. The van der Waals surface area contributed by atoms with Gasteiger partial charge in [-0.15, -0.1) is 11.6 Å². The fourth-order valence-corrected chi connectivity index (χ4v) is 1.71. The van der Waals surface area contributed by atoms with Gasteiger partial charge in [-0.1, -0.05) is 26.0 Å². The molecule has 0 fully saturated rings. The fourth-order valence-electron chi connectivity index (χ4n) is 1.54. The van der Waals surface area contributed by atoms with E-state index in [0.29, 0.717) is 11.4 Å². The highest BCUT2D eigenvalue weighted by Gasteiger charge is 2.22. The summed E-state index contributed by atoms with van der Waals surface area (Å²) in [7, 11) is 0. The van der Waals surface area contributed by atoms with E-state index in [1.54, 1.807) is 24.3 Å². The second-order valence-corrected chi connectivity index (χ2v) is 4.70. The van der Waals surface area contributed by atoms with Crippen molar-refractivity contribution in [3.8, 4) is 0 Å². The third-order valence-corrected chi connectivity index (χ3v) is 2.94. The Kier molecular flexibility index (Phi) is 5.16. The Morgan fingerprint density at radius 3 is 2.22 bits per heavy atom. The molecule has 0 aliphatic carbocycles. The average Bonchev–Trinajstić information content (AvgIpc) is 2.35. The molecule has 1 aromatic rings. The van der Waals surface area contributed by atoms with Crippen LogP contribution in [0.2, 0.25) is 0 Å². The lowest BCUT2D eigenvalue weighted by Gasteiger charge is -2.18. The Bertz CT molecular complexity index is 429. The molecule has 1 rings (SSSR count). The van der Waals surface area contributed by atoms with Crippen LogP contribution in [0.4, 0.5) is 0 Å². The molecule has 0 radical (unpaired) electrons. The van der Waals surface area contributed by atoms with Crippen LogP contribution in [0.3, 0.4) is 0 Å². The molecule has 18 heavy (non-hydrogen) atoms. The predicted molar refractivity (Wildman–Crippen MR) is 71.3 cm³/mol. The third kappa shape index (κ3) is 3.74. The summed E-state index contributed by atoms with van der Waals surface area (Å²) >= 11 is 5.66. The second kappa shape index (κ2) is 6.40. The summed E-state index contributed by atoms with van der Waals surface area (Å²) in [4.78, 5) is 23.1. The summed E-state index contributed by atoms with van der Waals surface area (Å²) in [5, 5.41) is 2.62. The number of carbonyl (C=O) groups excluding carboxylic acids is 2. The minimum Gasteiger partial charge on any atom is -0.368 e. The highest BCUT2D eigenvalue weighted by atomic mass is 35.5. The van der Waals surface area contributed by atoms with Crippen molar-refractivity contribution in [2.45, 2.75) is 25.8 Å². The Hall–Kier alpha value is -1.55. The number of primary amides is 1. The van der Waals surface area contributed by atoms with Gasteiger partial charge in [0.25, 0.3) is 5.91 Å². The lowest BCUT2D eigenvalue weighted by molar-refractivity contribution is -0.120. The largest absolute Gasteiger partial charge is 0.368 e. The van der Waals surface area contributed by atoms with Gasteiger partial charge in [0.05, 0.1) is 0 Å². The zero-order valence-corrected chi connectivity index (χ0v) is 11.2. The van der Waals surface area contributed by atoms with Crippen molar-refractivity contribution in [1.82, 2.24) is 5.32 Å². The normalized spacial score (nSPS) is 12.2. The number of nitrogens with one attached hydrogen (secondary N) is 1. The van der Waals surface area contributed by atoms with Crippen molar-refractivity contribution in [1.29, 1.82) is 0 Å². The number of nitrogens with two attached hydrogens (primary N) is 1. The van der Waals surface area contributed by atoms with E-state index in [4.69, 9.17) is 17.3 Å². The summed E-state index contributed by atoms with van der Waals surface area (Å²) in [6, 6.07) is 6.23. The first-order valence-corrected chi connectivity index (χ1v) is 6.24. The van der Waals surface area contributed by atoms with Crippen LogP contribution >= 0.6 is 11.6 Å². The van der Waals surface area contributed by atoms with Gasteiger partial charge < -0.3 is 11.1 Å². The van der Waals surface area contributed by atoms with E-state index in [1.165, 1.54) is 0 Å². The maximum atomic E-state index is 11.9. The first-order valence-electron chi connectivity index (χ1n) is 5.70. The van der Waals surface area contributed by atoms with Gasteiger partial charge >= 0.3 is 0 Å². The first kappa shape index (κ1) is 14.5. The molecule has 0 aromatic heterocycles. The topological polar surface area (TPSA) is 72.2 Å². The number of hydrogen-bond acceptors (Lipinski definition) is 2. The molecule has 1 atom stereocenters. The number of rotatable bonds is 5. The molecule has 1 aromatic carbocycles. The van der Waals surface area contributed by atoms with Crippen molar-refractivity contribution < 1.29 is 9.59 Å². The molecular weight excluding hydrogens is 252 g/mol. The molecule has 3 N–H and O–H groups in total. The Balaban J connectivity index is 2.77. The Labute approximate surface area is 112 Å². The van der Waals surface area contributed by atoms with Gasteiger partial charge in [-0.2, -0.15) is 0 Å². The van der Waals surface area contributed by atoms with Gasteiger partial charge in [0.2, 0.25) is 5.91 Å². The molecule has 0 saturated heterocycles. The molecule has 4 nitrogen and oxygen atoms in total. The minimum absolute atomic E-state index is 0.0476. The van der Waals surface area contributed by atoms with Crippen LogP contribution in [-0.4, -0.2) is 17.9 Å². The molecule has 2 amide bonds. The van der Waals surface area contributed by atoms with Gasteiger partial charge in [-0.25, -0.2) is 0 Å². The Morgan fingerprint density at radius 1 is 1.28 bits per heavy atom. The maximum Gasteiger partial charge on any atom is 0.251 e. The molecule has 0 bridgehead atoms. The van der Waals surface area contributed by atoms with Crippen LogP contribution in [0.1, 0.15) is 29.8 Å². The SMILES string of the molecule is CC(C)C(NC(=O)c1ccc(CCl)cc1)C(N)=O. The van der Waals surface area contributed by atoms with E-state index in [9.17, 15) is 9.59 Å². The van der Waals surface area contributed by atoms with Crippen LogP contribution in [0.15, 0.2) is 24.3 Å². The molecule has 0 aliphatic heterocycles. The van der Waals surface area contributed by atoms with Crippen LogP contribution < -0.4 is 11.1 Å². The third-order valence-electron chi connectivity index (χ3n) is 2.63. The predicted octanol–water partition coefficient (Wildman–Crippen LogP) is 1.67. The van der Waals surface area contributed by atoms with E-state index in [0.717, 1.165) is 5.56 Å². The smallest absolute Gasteiger partial charge is 0.251 e. The van der Waals surface area contributed by atoms with E-state index in [1.807, 2.05) is 13.8 Å². The summed E-state index contributed by atoms with van der Waals surface area (Å²) in [5.74, 6) is -0.490. The van der Waals surface area contributed by atoms with Gasteiger partial charge in [0, 0.05) is 11.4 Å². The summed E-state index contributed by atoms with van der Waals surface area (Å²) in [6.07, 6.45) is 0. The van der Waals surface area contributed by atoms with E-state index < -0.39 is 11.9 Å². The molecule has 0 saturated carbocycles. The van der Waals surface area contributed by atoms with E-state index in [2.05, 4.69) is 5.32 Å². The minimum atomic E-state index is -0.662. The Morgan fingerprint density at radius 2 is 1.83 bits per heavy atom. The number of amides is 2. The zero-order chi connectivity index (χ0) is 13.7. The highest BCUT2D eigenvalue weighted by Crippen LogP contribution is 2.08. The summed E-state index contributed by atoms with van der Waals surface area (Å²) in [5.41, 5.74) is 6.65. The number of benzene rings is 1. The highest BCUT2D eigenvalue weighted by molar-refractivity contribution is 6.17. The molecule has 98 valence electrons. The molecule has 5 heteroatoms. The van der Waals surface area contributed by atoms with E-state index >= 15 is 0 Å². The first-order chi connectivity index (χ1) is 8.45. The molecule has 0 heterocycles. The van der Waals surface area contributed by atoms with Crippen molar-refractivity contribution in [2.75, 3.05) is 0 Å². The monoisotopic (exact) mass is 268 g/mol. The quantitative estimate of drug-likeness (QED) is 0.798. The van der Waals surface area contributed by atoms with Crippen LogP contribution in [0.5, 0.6) is 0 Å². The van der Waals surface area contributed by atoms with Crippen LogP contribution in [0.25, 0.3) is 0 Å². The number of alkyl halides is 1. The maximum absolute atomic E-state index is 11.9. The van der Waals surface area contributed by atoms with Gasteiger partial charge in [-0.05, 0) is 23.6 Å². The molecule has 0 spiro atoms. The van der Waals surface area contributed by atoms with E-state index in [-0.39, 0.29) is 11.8 Å². The molecule has 1 unspecified atom stereocenters. The van der Waals surface area contributed by atoms with Crippen LogP contribution in [0, 0.1) is 5.92 Å². The van der Waals surface area contributed by atoms with Gasteiger partial charge in [-0.3, -0.25) is 9.59 Å². The lowest BCUT2D eigenvalue weighted by Crippen LogP contribution is -2.47. The second-order valence-electron chi connectivity index (χ2n) is 4.43. The van der Waals surface area contributed by atoms with Gasteiger partial charge in [0.15, 0.2) is 0 Å². The standard InChI is InChI=1S/C13H17ClN2O2/c1-8(2)11(12(15)17)16-13(18)10-5-3-9(7-14)4-6-10/h3-6,8,11H,7H2,1-2H3,(H2,15,17)(H,16,18). The van der Waals surface area contributed by atoms with Crippen molar-refractivity contribution >= 4 is 23.4 Å². The fraction of sp³-hybridized carbons (Fsp3) is 0.385. The number of carbonyl (C=O) groups is 2. The summed E-state index contributed by atoms with van der Waals surface area (Å²) in [6.45, 7) is 3.65. The van der Waals surface area contributed by atoms with Crippen molar-refractivity contribution in [2.24, 2.45) is 11.7 Å². The summed E-state index contributed by atoms with van der Waals surface area (Å²) < 4.78 is 0. The van der Waals surface area contributed by atoms with Crippen molar-refractivity contribution in [3.63, 3.8) is 0 Å². The molecular formula is C13H17ClN2O2. The zero-order valence-electron chi connectivity index (χ0n) is 10.4.